The maximum absolute atomic E-state index is 14.0. The molecule has 0 aromatic heterocycles. The molecule has 1 N–H and O–H groups in total. The van der Waals surface area contributed by atoms with E-state index in [9.17, 15) is 26.8 Å². The molecule has 0 aliphatic carbocycles. The van der Waals surface area contributed by atoms with Crippen molar-refractivity contribution in [3.63, 3.8) is 0 Å². The number of carbonyl (C=O) groups excluding carboxylic acids is 2. The Balaban J connectivity index is 1.33. The molecule has 0 radical (unpaired) electrons. The lowest BCUT2D eigenvalue weighted by atomic mass is 10.1. The van der Waals surface area contributed by atoms with Crippen LogP contribution in [0.2, 0.25) is 0 Å². The molecule has 2 aliphatic heterocycles. The maximum atomic E-state index is 14.0. The summed E-state index contributed by atoms with van der Waals surface area (Å²) in [6, 6.07) is 11.5. The van der Waals surface area contributed by atoms with E-state index >= 15 is 0 Å². The molecule has 0 spiro atoms. The normalized spacial score (nSPS) is 20.3. The van der Waals surface area contributed by atoms with Gasteiger partial charge in [0.1, 0.15) is 17.7 Å². The first kappa shape index (κ1) is 23.3. The highest BCUT2D eigenvalue weighted by Gasteiger charge is 2.39. The van der Waals surface area contributed by atoms with Crippen molar-refractivity contribution < 1.29 is 26.8 Å². The van der Waals surface area contributed by atoms with Gasteiger partial charge in [-0.15, -0.1) is 0 Å². The van der Waals surface area contributed by atoms with E-state index in [1.165, 1.54) is 0 Å². The third-order valence-electron chi connectivity index (χ3n) is 5.86. The summed E-state index contributed by atoms with van der Waals surface area (Å²) < 4.78 is 54.4. The number of rotatable bonds is 7. The van der Waals surface area contributed by atoms with E-state index in [1.807, 2.05) is 30.3 Å². The van der Waals surface area contributed by atoms with Gasteiger partial charge in [-0.1, -0.05) is 36.4 Å². The minimum absolute atomic E-state index is 0.0167. The molecule has 2 aromatic carbocycles. The number of imide groups is 1. The third kappa shape index (κ3) is 4.90. The molecule has 0 bridgehead atoms. The molecule has 2 fully saturated rings. The smallest absolute Gasteiger partial charge is 0.325 e. The van der Waals surface area contributed by atoms with Gasteiger partial charge < -0.3 is 5.32 Å². The lowest BCUT2D eigenvalue weighted by molar-refractivity contribution is -0.129. The number of halogens is 2. The van der Waals surface area contributed by atoms with Gasteiger partial charge in [0, 0.05) is 26.2 Å². The molecule has 0 unspecified atom stereocenters. The zero-order chi connectivity index (χ0) is 23.6. The molecule has 11 heteroatoms. The maximum Gasteiger partial charge on any atom is 0.325 e. The minimum atomic E-state index is -4.34. The van der Waals surface area contributed by atoms with Gasteiger partial charge in [0.05, 0.1) is 6.67 Å². The van der Waals surface area contributed by atoms with Crippen LogP contribution in [0.25, 0.3) is 0 Å². The Morgan fingerprint density at radius 2 is 1.55 bits per heavy atom. The van der Waals surface area contributed by atoms with Crippen LogP contribution < -0.4 is 5.32 Å². The number of nitrogens with one attached hydrogen (secondary N) is 1. The van der Waals surface area contributed by atoms with Gasteiger partial charge in [0.25, 0.3) is 5.91 Å². The van der Waals surface area contributed by atoms with E-state index in [4.69, 9.17) is 0 Å². The number of benzene rings is 2. The Morgan fingerprint density at radius 3 is 2.18 bits per heavy atom. The number of sulfonamides is 1. The lowest BCUT2D eigenvalue weighted by Crippen LogP contribution is -2.52. The summed E-state index contributed by atoms with van der Waals surface area (Å²) in [5.41, 5.74) is 1.07. The van der Waals surface area contributed by atoms with E-state index in [0.717, 1.165) is 33.0 Å². The van der Waals surface area contributed by atoms with Gasteiger partial charge in [-0.05, 0) is 30.5 Å². The van der Waals surface area contributed by atoms with Crippen LogP contribution >= 0.6 is 0 Å². The molecule has 3 amide bonds. The highest BCUT2D eigenvalue weighted by Crippen LogP contribution is 2.24. The van der Waals surface area contributed by atoms with Crippen molar-refractivity contribution in [2.45, 2.75) is 23.8 Å². The summed E-state index contributed by atoms with van der Waals surface area (Å²) >= 11 is 0. The second kappa shape index (κ2) is 9.54. The molecule has 8 nitrogen and oxygen atoms in total. The van der Waals surface area contributed by atoms with Crippen molar-refractivity contribution in [1.82, 2.24) is 19.4 Å². The number of hydrogen-bond donors (Lipinski definition) is 1. The molecular formula is C22H24F2N4O4S. The largest absolute Gasteiger partial charge is 0.326 e. The molecule has 2 saturated heterocycles. The summed E-state index contributed by atoms with van der Waals surface area (Å²) in [5, 5.41) is 2.70. The topological polar surface area (TPSA) is 90.0 Å². The fraction of sp³-hybridized carbons (Fsp3) is 0.364. The first-order chi connectivity index (χ1) is 15.8. The predicted molar refractivity (Wildman–Crippen MR) is 115 cm³/mol. The Kier molecular flexibility index (Phi) is 6.73. The fourth-order valence-electron chi connectivity index (χ4n) is 4.03. The number of piperazine rings is 1. The zero-order valence-corrected chi connectivity index (χ0v) is 18.6. The van der Waals surface area contributed by atoms with Crippen LogP contribution in [-0.4, -0.2) is 73.4 Å². The number of amides is 3. The standard InChI is InChI=1S/C22H24F2N4O4S/c23-17-7-4-8-18(24)20(17)33(31,32)27-13-11-26(12-14-27)15-28-21(29)19(25-22(28)30)10-9-16-5-2-1-3-6-16/h1-8,19H,9-15H2,(H,25,30)/t19-/m0/s1. The summed E-state index contributed by atoms with van der Waals surface area (Å²) in [6.45, 7) is 0.408. The first-order valence-electron chi connectivity index (χ1n) is 10.6. The SMILES string of the molecule is O=C1N[C@@H](CCc2ccccc2)C(=O)N1CN1CCN(S(=O)(=O)c2c(F)cccc2F)CC1. The average Bonchev–Trinajstić information content (AvgIpc) is 3.06. The highest BCUT2D eigenvalue weighted by molar-refractivity contribution is 7.89. The number of carbonyl (C=O) groups is 2. The number of nitrogens with zero attached hydrogens (tertiary/aromatic N) is 3. The van der Waals surface area contributed by atoms with Crippen LogP contribution in [0.4, 0.5) is 13.6 Å². The van der Waals surface area contributed by atoms with Gasteiger partial charge in [-0.3, -0.25) is 9.69 Å². The quantitative estimate of drug-likeness (QED) is 0.613. The first-order valence-corrected chi connectivity index (χ1v) is 12.0. The van der Waals surface area contributed by atoms with Crippen molar-refractivity contribution in [1.29, 1.82) is 0 Å². The van der Waals surface area contributed by atoms with Crippen LogP contribution in [-0.2, 0) is 21.2 Å². The van der Waals surface area contributed by atoms with E-state index in [-0.39, 0.29) is 38.8 Å². The lowest BCUT2D eigenvalue weighted by Gasteiger charge is -2.35. The van der Waals surface area contributed by atoms with Gasteiger partial charge >= 0.3 is 6.03 Å². The Bertz CT molecular complexity index is 1120. The van der Waals surface area contributed by atoms with Crippen molar-refractivity contribution in [2.24, 2.45) is 0 Å². The van der Waals surface area contributed by atoms with E-state index in [1.54, 1.807) is 4.90 Å². The Labute approximate surface area is 190 Å². The minimum Gasteiger partial charge on any atom is -0.326 e. The molecule has 176 valence electrons. The molecule has 1 atom stereocenters. The predicted octanol–water partition coefficient (Wildman–Crippen LogP) is 1.78. The van der Waals surface area contributed by atoms with Crippen LogP contribution in [0.1, 0.15) is 12.0 Å². The van der Waals surface area contributed by atoms with E-state index in [2.05, 4.69) is 5.32 Å². The second-order valence-electron chi connectivity index (χ2n) is 8.01. The van der Waals surface area contributed by atoms with E-state index < -0.39 is 38.6 Å². The molecule has 2 aliphatic rings. The number of aryl methyl sites for hydroxylation is 1. The fourth-order valence-corrected chi connectivity index (χ4v) is 5.56. The number of urea groups is 1. The zero-order valence-electron chi connectivity index (χ0n) is 17.8. The van der Waals surface area contributed by atoms with Gasteiger partial charge in [-0.25, -0.2) is 26.9 Å². The van der Waals surface area contributed by atoms with Crippen LogP contribution in [0.5, 0.6) is 0 Å². The summed E-state index contributed by atoms with van der Waals surface area (Å²) in [6.07, 6.45) is 1.12. The monoisotopic (exact) mass is 478 g/mol. The van der Waals surface area contributed by atoms with Gasteiger partial charge in [-0.2, -0.15) is 4.31 Å². The Hall–Kier alpha value is -2.89. The molecule has 0 saturated carbocycles. The Morgan fingerprint density at radius 1 is 0.909 bits per heavy atom. The van der Waals surface area contributed by atoms with Crippen LogP contribution in [0, 0.1) is 11.6 Å². The van der Waals surface area contributed by atoms with E-state index in [0.29, 0.717) is 12.8 Å². The van der Waals surface area contributed by atoms with Gasteiger partial charge in [0.15, 0.2) is 4.90 Å². The third-order valence-corrected chi connectivity index (χ3v) is 7.81. The molecule has 33 heavy (non-hydrogen) atoms. The van der Waals surface area contributed by atoms with Crippen LogP contribution in [0.3, 0.4) is 0 Å². The second-order valence-corrected chi connectivity index (χ2v) is 9.88. The molecule has 4 rings (SSSR count). The average molecular weight is 479 g/mol. The molecular weight excluding hydrogens is 454 g/mol. The van der Waals surface area contributed by atoms with Crippen molar-refractivity contribution >= 4 is 22.0 Å². The van der Waals surface area contributed by atoms with Crippen molar-refractivity contribution in [2.75, 3.05) is 32.8 Å². The number of hydrogen-bond acceptors (Lipinski definition) is 5. The van der Waals surface area contributed by atoms with Gasteiger partial charge in [0.2, 0.25) is 10.0 Å². The molecule has 2 aromatic rings. The summed E-state index contributed by atoms with van der Waals surface area (Å²) in [4.78, 5) is 27.0. The highest BCUT2D eigenvalue weighted by atomic mass is 32.2. The van der Waals surface area contributed by atoms with Crippen LogP contribution in [0.15, 0.2) is 53.4 Å². The summed E-state index contributed by atoms with van der Waals surface area (Å²) in [7, 11) is -4.34. The summed E-state index contributed by atoms with van der Waals surface area (Å²) in [5.74, 6) is -2.60. The molecule has 2 heterocycles. The van der Waals surface area contributed by atoms with Crippen molar-refractivity contribution in [3.05, 3.63) is 65.7 Å². The van der Waals surface area contributed by atoms with Crippen molar-refractivity contribution in [3.8, 4) is 0 Å².